The minimum absolute atomic E-state index is 0.234. The first-order valence-electron chi connectivity index (χ1n) is 6.26. The maximum Gasteiger partial charge on any atom is 0.258 e. The van der Waals surface area contributed by atoms with Crippen LogP contribution in [0.2, 0.25) is 8.67 Å². The average molecular weight is 327 g/mol. The van der Waals surface area contributed by atoms with Crippen molar-refractivity contribution >= 4 is 51.8 Å². The van der Waals surface area contributed by atoms with Crippen LogP contribution in [-0.4, -0.2) is 12.5 Å². The van der Waals surface area contributed by atoms with Gasteiger partial charge < -0.3 is 10.6 Å². The van der Waals surface area contributed by atoms with E-state index in [9.17, 15) is 4.79 Å². The summed E-state index contributed by atoms with van der Waals surface area (Å²) in [6.45, 7) is 1.00. The monoisotopic (exact) mass is 326 g/mol. The summed E-state index contributed by atoms with van der Waals surface area (Å²) < 4.78 is 0.918. The molecule has 2 N–H and O–H groups in total. The molecule has 1 aromatic heterocycles. The van der Waals surface area contributed by atoms with E-state index >= 15 is 0 Å². The van der Waals surface area contributed by atoms with E-state index in [1.807, 2.05) is 18.2 Å². The highest BCUT2D eigenvalue weighted by Gasteiger charge is 2.15. The third kappa shape index (κ3) is 2.77. The molecule has 0 radical (unpaired) electrons. The number of hydrogen-bond acceptors (Lipinski definition) is 3. The Morgan fingerprint density at radius 3 is 2.90 bits per heavy atom. The van der Waals surface area contributed by atoms with Crippen LogP contribution in [0.3, 0.4) is 0 Å². The third-order valence-electron chi connectivity index (χ3n) is 3.20. The van der Waals surface area contributed by atoms with Crippen molar-refractivity contribution < 1.29 is 4.79 Å². The lowest BCUT2D eigenvalue weighted by atomic mass is 10.0. The van der Waals surface area contributed by atoms with Crippen LogP contribution in [0.5, 0.6) is 0 Å². The van der Waals surface area contributed by atoms with Crippen molar-refractivity contribution in [1.82, 2.24) is 0 Å². The van der Waals surface area contributed by atoms with Gasteiger partial charge >= 0.3 is 0 Å². The molecule has 1 aliphatic heterocycles. The zero-order valence-electron chi connectivity index (χ0n) is 10.5. The van der Waals surface area contributed by atoms with E-state index in [-0.39, 0.29) is 5.91 Å². The molecule has 0 bridgehead atoms. The van der Waals surface area contributed by atoms with Crippen LogP contribution >= 0.6 is 34.5 Å². The zero-order chi connectivity index (χ0) is 14.1. The van der Waals surface area contributed by atoms with Crippen molar-refractivity contribution in [2.45, 2.75) is 12.8 Å². The highest BCUT2D eigenvalue weighted by molar-refractivity contribution is 7.20. The average Bonchev–Trinajstić information content (AvgIpc) is 2.78. The molecule has 0 aliphatic carbocycles. The van der Waals surface area contributed by atoms with Crippen LogP contribution in [0.25, 0.3) is 0 Å². The molecule has 2 heterocycles. The Kier molecular flexibility index (Phi) is 3.87. The van der Waals surface area contributed by atoms with E-state index < -0.39 is 0 Å². The van der Waals surface area contributed by atoms with E-state index in [1.165, 1.54) is 16.9 Å². The number of benzene rings is 1. The van der Waals surface area contributed by atoms with Crippen molar-refractivity contribution in [3.8, 4) is 0 Å². The first-order chi connectivity index (χ1) is 9.63. The number of anilines is 2. The number of thiophene rings is 1. The number of rotatable bonds is 2. The Bertz CT molecular complexity index is 669. The van der Waals surface area contributed by atoms with E-state index in [4.69, 9.17) is 23.2 Å². The van der Waals surface area contributed by atoms with Gasteiger partial charge in [0.25, 0.3) is 5.91 Å². The first-order valence-corrected chi connectivity index (χ1v) is 7.84. The summed E-state index contributed by atoms with van der Waals surface area (Å²) in [6.07, 6.45) is 2.13. The minimum Gasteiger partial charge on any atom is -0.385 e. The predicted molar refractivity (Wildman–Crippen MR) is 85.5 cm³/mol. The molecule has 3 nitrogen and oxygen atoms in total. The Morgan fingerprint density at radius 2 is 2.15 bits per heavy atom. The van der Waals surface area contributed by atoms with E-state index in [0.717, 1.165) is 30.8 Å². The quantitative estimate of drug-likeness (QED) is 0.842. The minimum atomic E-state index is -0.234. The zero-order valence-corrected chi connectivity index (χ0v) is 12.8. The summed E-state index contributed by atoms with van der Waals surface area (Å²) in [5.74, 6) is -0.234. The largest absolute Gasteiger partial charge is 0.385 e. The van der Waals surface area contributed by atoms with Crippen LogP contribution < -0.4 is 10.6 Å². The second-order valence-electron chi connectivity index (χ2n) is 4.59. The Labute approximate surface area is 130 Å². The molecule has 1 amide bonds. The maximum absolute atomic E-state index is 12.2. The SMILES string of the molecule is O=C(Nc1ccc2c(c1)CCCN2)c1cc(Cl)sc1Cl. The van der Waals surface area contributed by atoms with Gasteiger partial charge in [0.05, 0.1) is 9.90 Å². The van der Waals surface area contributed by atoms with Crippen LogP contribution in [0.4, 0.5) is 11.4 Å². The van der Waals surface area contributed by atoms with Gasteiger partial charge in [0, 0.05) is 17.9 Å². The van der Waals surface area contributed by atoms with Gasteiger partial charge in [0.15, 0.2) is 0 Å². The van der Waals surface area contributed by atoms with E-state index in [0.29, 0.717) is 14.2 Å². The number of carbonyl (C=O) groups excluding carboxylic acids is 1. The van der Waals surface area contributed by atoms with Crippen LogP contribution in [0, 0.1) is 0 Å². The number of halogens is 2. The Balaban J connectivity index is 1.81. The van der Waals surface area contributed by atoms with Gasteiger partial charge in [-0.05, 0) is 42.7 Å². The standard InChI is InChI=1S/C14H12Cl2N2OS/c15-12-7-10(13(16)20-12)14(19)18-9-3-4-11-8(6-9)2-1-5-17-11/h3-4,6-7,17H,1-2,5H2,(H,18,19). The van der Waals surface area contributed by atoms with Crippen molar-refractivity contribution in [3.63, 3.8) is 0 Å². The molecule has 20 heavy (non-hydrogen) atoms. The fourth-order valence-electron chi connectivity index (χ4n) is 2.25. The number of amides is 1. The second kappa shape index (κ2) is 5.64. The van der Waals surface area contributed by atoms with Gasteiger partial charge in [-0.25, -0.2) is 0 Å². The molecule has 104 valence electrons. The molecule has 0 unspecified atom stereocenters. The van der Waals surface area contributed by atoms with Gasteiger partial charge in [0.1, 0.15) is 4.34 Å². The highest BCUT2D eigenvalue weighted by atomic mass is 35.5. The van der Waals surface area contributed by atoms with Gasteiger partial charge in [-0.15, -0.1) is 11.3 Å². The second-order valence-corrected chi connectivity index (χ2v) is 6.88. The van der Waals surface area contributed by atoms with Crippen LogP contribution in [0.15, 0.2) is 24.3 Å². The first kappa shape index (κ1) is 13.7. The predicted octanol–water partition coefficient (Wildman–Crippen LogP) is 4.67. The fourth-order valence-corrected chi connectivity index (χ4v) is 3.70. The molecule has 0 spiro atoms. The third-order valence-corrected chi connectivity index (χ3v) is 4.69. The van der Waals surface area contributed by atoms with Gasteiger partial charge in [-0.2, -0.15) is 0 Å². The lowest BCUT2D eigenvalue weighted by Crippen LogP contribution is -2.14. The Morgan fingerprint density at radius 1 is 1.30 bits per heavy atom. The normalized spacial score (nSPS) is 13.5. The molecular formula is C14H12Cl2N2OS. The van der Waals surface area contributed by atoms with E-state index in [2.05, 4.69) is 10.6 Å². The molecule has 0 fully saturated rings. The van der Waals surface area contributed by atoms with Crippen LogP contribution in [0.1, 0.15) is 22.3 Å². The molecule has 0 saturated carbocycles. The summed E-state index contributed by atoms with van der Waals surface area (Å²) in [4.78, 5) is 12.2. The smallest absolute Gasteiger partial charge is 0.258 e. The van der Waals surface area contributed by atoms with Crippen molar-refractivity contribution in [2.24, 2.45) is 0 Å². The molecule has 1 aromatic carbocycles. The fraction of sp³-hybridized carbons (Fsp3) is 0.214. The maximum atomic E-state index is 12.2. The lowest BCUT2D eigenvalue weighted by molar-refractivity contribution is 0.102. The summed E-state index contributed by atoms with van der Waals surface area (Å²) in [5, 5.41) is 6.20. The van der Waals surface area contributed by atoms with Crippen molar-refractivity contribution in [1.29, 1.82) is 0 Å². The van der Waals surface area contributed by atoms with Gasteiger partial charge in [0.2, 0.25) is 0 Å². The van der Waals surface area contributed by atoms with Gasteiger partial charge in [-0.1, -0.05) is 23.2 Å². The Hall–Kier alpha value is -1.23. The molecule has 6 heteroatoms. The van der Waals surface area contributed by atoms with Crippen LogP contribution in [-0.2, 0) is 6.42 Å². The number of hydrogen-bond donors (Lipinski definition) is 2. The number of fused-ring (bicyclic) bond motifs is 1. The number of aryl methyl sites for hydroxylation is 1. The summed E-state index contributed by atoms with van der Waals surface area (Å²) >= 11 is 13.0. The summed E-state index contributed by atoms with van der Waals surface area (Å²) in [5.41, 5.74) is 3.56. The molecule has 0 atom stereocenters. The summed E-state index contributed by atoms with van der Waals surface area (Å²) in [7, 11) is 0. The van der Waals surface area contributed by atoms with Crippen molar-refractivity contribution in [3.05, 3.63) is 44.1 Å². The summed E-state index contributed by atoms with van der Waals surface area (Å²) in [6, 6.07) is 7.47. The molecular weight excluding hydrogens is 315 g/mol. The number of carbonyl (C=O) groups is 1. The molecule has 0 saturated heterocycles. The van der Waals surface area contributed by atoms with E-state index in [1.54, 1.807) is 6.07 Å². The molecule has 1 aliphatic rings. The highest BCUT2D eigenvalue weighted by Crippen LogP contribution is 2.32. The van der Waals surface area contributed by atoms with Crippen molar-refractivity contribution in [2.75, 3.05) is 17.2 Å². The number of nitrogens with one attached hydrogen (secondary N) is 2. The lowest BCUT2D eigenvalue weighted by Gasteiger charge is -2.18. The molecule has 3 rings (SSSR count). The molecule has 2 aromatic rings. The van der Waals surface area contributed by atoms with Gasteiger partial charge in [-0.3, -0.25) is 4.79 Å². The topological polar surface area (TPSA) is 41.1 Å².